The Bertz CT molecular complexity index is 995. The maximum absolute atomic E-state index is 12.7. The normalized spacial score (nSPS) is 13.4. The molecule has 0 aromatic carbocycles. The number of imide groups is 1. The number of rotatable bonds is 24. The molecule has 248 valence electrons. The van der Waals surface area contributed by atoms with E-state index in [1.54, 1.807) is 20.8 Å². The first-order valence-corrected chi connectivity index (χ1v) is 16.2. The molecule has 0 radical (unpaired) electrons. The van der Waals surface area contributed by atoms with Crippen molar-refractivity contribution in [3.05, 3.63) is 12.2 Å². The van der Waals surface area contributed by atoms with E-state index in [9.17, 15) is 28.8 Å². The first-order chi connectivity index (χ1) is 20.9. The van der Waals surface area contributed by atoms with Crippen LogP contribution in [0, 0.1) is 0 Å². The van der Waals surface area contributed by atoms with Gasteiger partial charge in [-0.2, -0.15) is 0 Å². The Kier molecular flexibility index (Phi) is 19.5. The molecule has 0 unspecified atom stereocenters. The zero-order valence-electron chi connectivity index (χ0n) is 27.0. The lowest BCUT2D eigenvalue weighted by Crippen LogP contribution is -2.32. The lowest BCUT2D eigenvalue weighted by atomic mass is 10.0. The number of carboxylic acid groups (broad SMARTS) is 1. The highest BCUT2D eigenvalue weighted by molar-refractivity contribution is 6.38. The van der Waals surface area contributed by atoms with E-state index in [2.05, 4.69) is 10.3 Å². The predicted octanol–water partition coefficient (Wildman–Crippen LogP) is 5.44. The van der Waals surface area contributed by atoms with Crippen LogP contribution in [0.4, 0.5) is 0 Å². The fraction of sp³-hybridized carbons (Fsp3) is 0.727. The lowest BCUT2D eigenvalue weighted by molar-refractivity contribution is -0.146. The zero-order chi connectivity index (χ0) is 32.8. The monoisotopic (exact) mass is 619 g/mol. The molecule has 0 atom stereocenters. The second-order valence-corrected chi connectivity index (χ2v) is 12.3. The van der Waals surface area contributed by atoms with E-state index in [0.29, 0.717) is 25.8 Å². The summed E-state index contributed by atoms with van der Waals surface area (Å²) in [7, 11) is 0. The summed E-state index contributed by atoms with van der Waals surface area (Å²) in [5, 5.41) is 11.4. The number of unbranched alkanes of at least 4 members (excludes halogenated alkanes) is 12. The van der Waals surface area contributed by atoms with Gasteiger partial charge in [0.25, 0.3) is 11.8 Å². The van der Waals surface area contributed by atoms with Crippen molar-refractivity contribution in [2.75, 3.05) is 13.1 Å². The summed E-state index contributed by atoms with van der Waals surface area (Å²) in [6.07, 6.45) is 16.5. The number of amides is 4. The minimum absolute atomic E-state index is 0.0166. The van der Waals surface area contributed by atoms with Crippen LogP contribution in [-0.4, -0.2) is 70.0 Å². The third-order valence-corrected chi connectivity index (χ3v) is 7.05. The molecule has 2 N–H and O–H groups in total. The highest BCUT2D eigenvalue weighted by atomic mass is 16.6. The molecule has 1 heterocycles. The van der Waals surface area contributed by atoms with Gasteiger partial charge in [0.1, 0.15) is 11.3 Å². The number of hydrogen-bond donors (Lipinski definition) is 2. The van der Waals surface area contributed by atoms with Crippen molar-refractivity contribution >= 4 is 41.3 Å². The summed E-state index contributed by atoms with van der Waals surface area (Å²) in [6.45, 7) is 5.82. The third-order valence-electron chi connectivity index (χ3n) is 7.05. The van der Waals surface area contributed by atoms with Crippen LogP contribution in [0.2, 0.25) is 0 Å². The van der Waals surface area contributed by atoms with Gasteiger partial charge in [0.05, 0.1) is 0 Å². The molecule has 11 heteroatoms. The van der Waals surface area contributed by atoms with Crippen molar-refractivity contribution in [3.63, 3.8) is 0 Å². The molecule has 4 amide bonds. The molecule has 0 saturated carbocycles. The smallest absolute Gasteiger partial charge is 0.353 e. The molecule has 0 saturated heterocycles. The SMILES string of the molecule is CC(C)(C)OC(=O)C(CCC(=O)NCCCCN1C(=O)C=CC1=O)=NC(=O)CCCCCCCCCCCCCCC(=O)O. The lowest BCUT2D eigenvalue weighted by Gasteiger charge is -2.20. The maximum atomic E-state index is 12.7. The minimum Gasteiger partial charge on any atom is -0.481 e. The number of nitrogens with zero attached hydrogens (tertiary/aromatic N) is 2. The number of hydrogen-bond acceptors (Lipinski definition) is 7. The van der Waals surface area contributed by atoms with Crippen LogP contribution in [0.1, 0.15) is 136 Å². The van der Waals surface area contributed by atoms with Gasteiger partial charge < -0.3 is 15.2 Å². The van der Waals surface area contributed by atoms with Gasteiger partial charge in [-0.05, 0) is 46.5 Å². The van der Waals surface area contributed by atoms with Crippen molar-refractivity contribution in [1.29, 1.82) is 0 Å². The number of aliphatic imine (C=N–C) groups is 1. The number of esters is 1. The summed E-state index contributed by atoms with van der Waals surface area (Å²) >= 11 is 0. The largest absolute Gasteiger partial charge is 0.481 e. The summed E-state index contributed by atoms with van der Waals surface area (Å²) in [4.78, 5) is 76.4. The van der Waals surface area contributed by atoms with Crippen molar-refractivity contribution in [2.24, 2.45) is 4.99 Å². The fourth-order valence-corrected chi connectivity index (χ4v) is 4.66. The summed E-state index contributed by atoms with van der Waals surface area (Å²) in [5.74, 6) is -2.77. The molecule has 44 heavy (non-hydrogen) atoms. The van der Waals surface area contributed by atoms with Gasteiger partial charge in [0.2, 0.25) is 11.8 Å². The van der Waals surface area contributed by atoms with E-state index < -0.39 is 23.4 Å². The van der Waals surface area contributed by atoms with Crippen molar-refractivity contribution in [3.8, 4) is 0 Å². The van der Waals surface area contributed by atoms with Crippen LogP contribution in [-0.2, 0) is 33.5 Å². The summed E-state index contributed by atoms with van der Waals surface area (Å²) in [5.41, 5.74) is -0.820. The van der Waals surface area contributed by atoms with Crippen molar-refractivity contribution in [1.82, 2.24) is 10.2 Å². The molecule has 11 nitrogen and oxygen atoms in total. The van der Waals surface area contributed by atoms with Crippen LogP contribution in [0.15, 0.2) is 17.1 Å². The standard InChI is InChI=1S/C33H53N3O8/c1-33(2,3)44-32(43)26(20-21-27(37)34-24-16-17-25-36-29(39)22-23-30(36)40)35-28(38)18-14-12-10-8-6-4-5-7-9-11-13-15-19-31(41)42/h22-23H,4-21,24-25H2,1-3H3,(H,34,37)(H,41,42). The number of carbonyl (C=O) groups is 6. The molecule has 1 aliphatic rings. The quantitative estimate of drug-likeness (QED) is 0.0625. The number of carbonyl (C=O) groups excluding carboxylic acids is 5. The Morgan fingerprint density at radius 2 is 1.23 bits per heavy atom. The molecular formula is C33H53N3O8. The van der Waals surface area contributed by atoms with Crippen molar-refractivity contribution in [2.45, 2.75) is 142 Å². The number of carboxylic acids is 1. The van der Waals surface area contributed by atoms with E-state index in [1.165, 1.54) is 31.4 Å². The van der Waals surface area contributed by atoms with Crippen molar-refractivity contribution < 1.29 is 38.6 Å². The van der Waals surface area contributed by atoms with E-state index in [4.69, 9.17) is 9.84 Å². The van der Waals surface area contributed by atoms with Crippen LogP contribution in [0.5, 0.6) is 0 Å². The highest BCUT2D eigenvalue weighted by Crippen LogP contribution is 2.14. The first-order valence-electron chi connectivity index (χ1n) is 16.2. The van der Waals surface area contributed by atoms with Crippen LogP contribution in [0.25, 0.3) is 0 Å². The molecule has 0 spiro atoms. The Balaban J connectivity index is 2.28. The predicted molar refractivity (Wildman–Crippen MR) is 168 cm³/mol. The Morgan fingerprint density at radius 3 is 1.73 bits per heavy atom. The number of aliphatic carboxylic acids is 1. The summed E-state index contributed by atoms with van der Waals surface area (Å²) in [6, 6.07) is 0. The van der Waals surface area contributed by atoms with Crippen LogP contribution >= 0.6 is 0 Å². The van der Waals surface area contributed by atoms with Crippen LogP contribution < -0.4 is 5.32 Å². The van der Waals surface area contributed by atoms with E-state index in [-0.39, 0.29) is 55.7 Å². The molecule has 1 aliphatic heterocycles. The maximum Gasteiger partial charge on any atom is 0.353 e. The van der Waals surface area contributed by atoms with Gasteiger partial charge >= 0.3 is 11.9 Å². The average Bonchev–Trinajstić information content (AvgIpc) is 3.26. The number of nitrogens with one attached hydrogen (secondary N) is 1. The Morgan fingerprint density at radius 1 is 0.727 bits per heavy atom. The second kappa shape index (κ2) is 22.2. The van der Waals surface area contributed by atoms with Gasteiger partial charge in [0.15, 0.2) is 0 Å². The van der Waals surface area contributed by atoms with Gasteiger partial charge in [-0.25, -0.2) is 9.79 Å². The fourth-order valence-electron chi connectivity index (χ4n) is 4.66. The third kappa shape index (κ3) is 19.7. The van der Waals surface area contributed by atoms with E-state index in [1.807, 2.05) is 0 Å². The highest BCUT2D eigenvalue weighted by Gasteiger charge is 2.24. The molecule has 0 aliphatic carbocycles. The second-order valence-electron chi connectivity index (χ2n) is 12.3. The average molecular weight is 620 g/mol. The van der Waals surface area contributed by atoms with Gasteiger partial charge in [-0.1, -0.05) is 64.2 Å². The topological polar surface area (TPSA) is 160 Å². The molecular weight excluding hydrogens is 566 g/mol. The van der Waals surface area contributed by atoms with E-state index >= 15 is 0 Å². The minimum atomic E-state index is -0.765. The van der Waals surface area contributed by atoms with E-state index in [0.717, 1.165) is 56.3 Å². The summed E-state index contributed by atoms with van der Waals surface area (Å²) < 4.78 is 5.40. The molecule has 1 rings (SSSR count). The molecule has 0 bridgehead atoms. The van der Waals surface area contributed by atoms with Gasteiger partial charge in [-0.3, -0.25) is 28.9 Å². The van der Waals surface area contributed by atoms with Crippen LogP contribution in [0.3, 0.4) is 0 Å². The molecule has 0 aromatic heterocycles. The molecule has 0 aromatic rings. The molecule has 0 fully saturated rings. The first kappa shape index (κ1) is 38.7. The Labute approximate surface area is 262 Å². The van der Waals surface area contributed by atoms with Gasteiger partial charge in [0, 0.05) is 50.9 Å². The van der Waals surface area contributed by atoms with Gasteiger partial charge in [-0.15, -0.1) is 0 Å². The zero-order valence-corrected chi connectivity index (χ0v) is 27.0. The Hall–Kier alpha value is -3.37. The number of ether oxygens (including phenoxy) is 1.